The molecule has 0 aromatic heterocycles. The molecule has 0 bridgehead atoms. The lowest BCUT2D eigenvalue weighted by Crippen LogP contribution is -2.23. The minimum absolute atomic E-state index is 0.00511. The summed E-state index contributed by atoms with van der Waals surface area (Å²) in [6, 6.07) is 5.18. The second kappa shape index (κ2) is 6.74. The first-order valence-electron chi connectivity index (χ1n) is 6.65. The Kier molecular flexibility index (Phi) is 5.60. The Morgan fingerprint density at radius 3 is 2.44 bits per heavy atom. The number of ether oxygens (including phenoxy) is 1. The Morgan fingerprint density at radius 1 is 1.22 bits per heavy atom. The molecule has 2 unspecified atom stereocenters. The molecule has 0 aliphatic heterocycles. The van der Waals surface area contributed by atoms with Crippen molar-refractivity contribution in [2.24, 2.45) is 5.92 Å². The van der Waals surface area contributed by atoms with Crippen molar-refractivity contribution < 1.29 is 9.13 Å². The van der Waals surface area contributed by atoms with E-state index in [1.807, 2.05) is 26.8 Å². The topological polar surface area (TPSA) is 21.3 Å². The van der Waals surface area contributed by atoms with Crippen LogP contribution < -0.4 is 10.1 Å². The normalized spacial score (nSPS) is 14.6. The van der Waals surface area contributed by atoms with Crippen LogP contribution in [0.5, 0.6) is 5.75 Å². The average Bonchev–Trinajstić information content (AvgIpc) is 2.31. The van der Waals surface area contributed by atoms with Gasteiger partial charge in [0.25, 0.3) is 0 Å². The van der Waals surface area contributed by atoms with Crippen LogP contribution in [0.3, 0.4) is 0 Å². The van der Waals surface area contributed by atoms with Gasteiger partial charge in [-0.05, 0) is 32.4 Å². The zero-order valence-electron chi connectivity index (χ0n) is 12.0. The predicted molar refractivity (Wildman–Crippen MR) is 73.4 cm³/mol. The summed E-state index contributed by atoms with van der Waals surface area (Å²) in [5, 5.41) is 3.29. The SMILES string of the molecule is CCNC(C)c1cccc(F)c1OC(C)C(C)C. The van der Waals surface area contributed by atoms with Gasteiger partial charge < -0.3 is 10.1 Å². The highest BCUT2D eigenvalue weighted by molar-refractivity contribution is 5.37. The van der Waals surface area contributed by atoms with Crippen LogP contribution in [-0.2, 0) is 0 Å². The Bertz CT molecular complexity index is 379. The van der Waals surface area contributed by atoms with E-state index in [-0.39, 0.29) is 18.0 Å². The van der Waals surface area contributed by atoms with Crippen LogP contribution in [0.2, 0.25) is 0 Å². The van der Waals surface area contributed by atoms with Crippen LogP contribution >= 0.6 is 0 Å². The monoisotopic (exact) mass is 253 g/mol. The third kappa shape index (κ3) is 3.70. The number of para-hydroxylation sites is 1. The highest BCUT2D eigenvalue weighted by Crippen LogP contribution is 2.29. The highest BCUT2D eigenvalue weighted by Gasteiger charge is 2.18. The molecule has 102 valence electrons. The van der Waals surface area contributed by atoms with Gasteiger partial charge in [-0.1, -0.05) is 32.9 Å². The van der Waals surface area contributed by atoms with Crippen molar-refractivity contribution in [3.8, 4) is 5.75 Å². The first kappa shape index (κ1) is 15.0. The van der Waals surface area contributed by atoms with Gasteiger partial charge in [0, 0.05) is 11.6 Å². The molecule has 3 heteroatoms. The van der Waals surface area contributed by atoms with Crippen molar-refractivity contribution in [2.45, 2.75) is 46.8 Å². The molecule has 0 radical (unpaired) electrons. The number of hydrogen-bond donors (Lipinski definition) is 1. The van der Waals surface area contributed by atoms with Crippen molar-refractivity contribution in [3.63, 3.8) is 0 Å². The van der Waals surface area contributed by atoms with Crippen molar-refractivity contribution in [3.05, 3.63) is 29.6 Å². The predicted octanol–water partition coefficient (Wildman–Crippen LogP) is 3.92. The maximum atomic E-state index is 13.9. The Labute approximate surface area is 110 Å². The summed E-state index contributed by atoms with van der Waals surface area (Å²) in [6.07, 6.45) is -0.00511. The molecule has 0 spiro atoms. The lowest BCUT2D eigenvalue weighted by Gasteiger charge is -2.23. The quantitative estimate of drug-likeness (QED) is 0.829. The highest BCUT2D eigenvalue weighted by atomic mass is 19.1. The lowest BCUT2D eigenvalue weighted by atomic mass is 10.1. The van der Waals surface area contributed by atoms with E-state index in [1.165, 1.54) is 6.07 Å². The maximum Gasteiger partial charge on any atom is 0.165 e. The first-order chi connectivity index (χ1) is 8.47. The summed E-state index contributed by atoms with van der Waals surface area (Å²) in [7, 11) is 0. The molecular weight excluding hydrogens is 229 g/mol. The van der Waals surface area contributed by atoms with Crippen LogP contribution in [0.4, 0.5) is 4.39 Å². The molecule has 0 amide bonds. The number of halogens is 1. The average molecular weight is 253 g/mol. The standard InChI is InChI=1S/C15H24FNO/c1-6-17-11(4)13-8-7-9-14(16)15(13)18-12(5)10(2)3/h7-12,17H,6H2,1-5H3. The van der Waals surface area contributed by atoms with Crippen LogP contribution in [0, 0.1) is 11.7 Å². The molecule has 1 N–H and O–H groups in total. The Morgan fingerprint density at radius 2 is 1.89 bits per heavy atom. The van der Waals surface area contributed by atoms with Gasteiger partial charge in [-0.25, -0.2) is 4.39 Å². The van der Waals surface area contributed by atoms with Gasteiger partial charge in [-0.15, -0.1) is 0 Å². The third-order valence-corrected chi connectivity index (χ3v) is 3.22. The first-order valence-corrected chi connectivity index (χ1v) is 6.65. The third-order valence-electron chi connectivity index (χ3n) is 3.22. The van der Waals surface area contributed by atoms with Crippen LogP contribution in [-0.4, -0.2) is 12.6 Å². The molecule has 1 aromatic rings. The van der Waals surface area contributed by atoms with Crippen LogP contribution in [0.25, 0.3) is 0 Å². The molecule has 1 aromatic carbocycles. The van der Waals surface area contributed by atoms with Crippen molar-refractivity contribution >= 4 is 0 Å². The smallest absolute Gasteiger partial charge is 0.165 e. The molecule has 1 rings (SSSR count). The number of hydrogen-bond acceptors (Lipinski definition) is 2. The minimum atomic E-state index is -0.287. The summed E-state index contributed by atoms with van der Waals surface area (Å²) in [5.41, 5.74) is 0.879. The molecule has 0 aliphatic carbocycles. The van der Waals surface area contributed by atoms with E-state index >= 15 is 0 Å². The summed E-state index contributed by atoms with van der Waals surface area (Å²) in [4.78, 5) is 0. The van der Waals surface area contributed by atoms with Gasteiger partial charge in [0.1, 0.15) is 0 Å². The molecule has 0 heterocycles. The van der Waals surface area contributed by atoms with Gasteiger partial charge in [0.2, 0.25) is 0 Å². The lowest BCUT2D eigenvalue weighted by molar-refractivity contribution is 0.160. The summed E-state index contributed by atoms with van der Waals surface area (Å²) in [5.74, 6) is 0.448. The molecular formula is C15H24FNO. The van der Waals surface area contributed by atoms with Crippen molar-refractivity contribution in [2.75, 3.05) is 6.54 Å². The van der Waals surface area contributed by atoms with E-state index in [1.54, 1.807) is 6.07 Å². The molecule has 0 saturated carbocycles. The van der Waals surface area contributed by atoms with Crippen molar-refractivity contribution in [1.82, 2.24) is 5.32 Å². The van der Waals surface area contributed by atoms with Gasteiger partial charge in [0.05, 0.1) is 6.10 Å². The van der Waals surface area contributed by atoms with E-state index in [4.69, 9.17) is 4.74 Å². The zero-order valence-corrected chi connectivity index (χ0v) is 12.0. The zero-order chi connectivity index (χ0) is 13.7. The Hall–Kier alpha value is -1.09. The molecule has 0 aliphatic rings. The number of benzene rings is 1. The van der Waals surface area contributed by atoms with Crippen molar-refractivity contribution in [1.29, 1.82) is 0 Å². The minimum Gasteiger partial charge on any atom is -0.487 e. The fourth-order valence-corrected chi connectivity index (χ4v) is 1.73. The molecule has 2 atom stereocenters. The number of nitrogens with one attached hydrogen (secondary N) is 1. The largest absolute Gasteiger partial charge is 0.487 e. The van der Waals surface area contributed by atoms with E-state index < -0.39 is 0 Å². The van der Waals surface area contributed by atoms with Crippen LogP contribution in [0.15, 0.2) is 18.2 Å². The fourth-order valence-electron chi connectivity index (χ4n) is 1.73. The van der Waals surface area contributed by atoms with Gasteiger partial charge in [0.15, 0.2) is 11.6 Å². The fraction of sp³-hybridized carbons (Fsp3) is 0.600. The number of rotatable bonds is 6. The van der Waals surface area contributed by atoms with E-state index in [0.717, 1.165) is 12.1 Å². The second-order valence-electron chi connectivity index (χ2n) is 5.00. The molecule has 2 nitrogen and oxygen atoms in total. The second-order valence-corrected chi connectivity index (χ2v) is 5.00. The summed E-state index contributed by atoms with van der Waals surface area (Å²) < 4.78 is 19.7. The van der Waals surface area contributed by atoms with Gasteiger partial charge in [-0.3, -0.25) is 0 Å². The summed E-state index contributed by atoms with van der Waals surface area (Å²) >= 11 is 0. The van der Waals surface area contributed by atoms with Crippen LogP contribution in [0.1, 0.15) is 46.2 Å². The van der Waals surface area contributed by atoms with Gasteiger partial charge in [-0.2, -0.15) is 0 Å². The van der Waals surface area contributed by atoms with E-state index in [0.29, 0.717) is 11.7 Å². The van der Waals surface area contributed by atoms with E-state index in [9.17, 15) is 4.39 Å². The van der Waals surface area contributed by atoms with E-state index in [2.05, 4.69) is 19.2 Å². The molecule has 18 heavy (non-hydrogen) atoms. The molecule has 0 saturated heterocycles. The maximum absolute atomic E-state index is 13.9. The Balaban J connectivity index is 3.00. The summed E-state index contributed by atoms with van der Waals surface area (Å²) in [6.45, 7) is 11.0. The molecule has 0 fully saturated rings. The van der Waals surface area contributed by atoms with Gasteiger partial charge >= 0.3 is 0 Å².